The number of fused-ring (bicyclic) bond motifs is 3. The monoisotopic (exact) mass is 197 g/mol. The minimum Gasteiger partial charge on any atom is -0.397 e. The molecule has 0 aliphatic heterocycles. The Morgan fingerprint density at radius 2 is 1.87 bits per heavy atom. The third-order valence-corrected chi connectivity index (χ3v) is 2.77. The van der Waals surface area contributed by atoms with Crippen LogP contribution in [-0.4, -0.2) is 9.97 Å². The largest absolute Gasteiger partial charge is 0.397 e. The summed E-state index contributed by atoms with van der Waals surface area (Å²) in [5.74, 6) is 0. The third kappa shape index (κ3) is 1.28. The van der Waals surface area contributed by atoms with Gasteiger partial charge in [0, 0.05) is 6.20 Å². The molecule has 0 amide bonds. The van der Waals surface area contributed by atoms with Crippen molar-refractivity contribution in [3.8, 4) is 11.4 Å². The number of hydrogen-bond acceptors (Lipinski definition) is 3. The van der Waals surface area contributed by atoms with E-state index in [4.69, 9.17) is 5.73 Å². The fourth-order valence-electron chi connectivity index (χ4n) is 2.06. The van der Waals surface area contributed by atoms with Crippen molar-refractivity contribution in [1.29, 1.82) is 0 Å². The van der Waals surface area contributed by atoms with Crippen LogP contribution in [0.15, 0.2) is 30.6 Å². The Hall–Kier alpha value is -1.90. The Balaban J connectivity index is 2.26. The number of nitrogens with two attached hydrogens (primary N) is 1. The molecule has 2 aromatic heterocycles. The zero-order valence-electron chi connectivity index (χ0n) is 8.27. The summed E-state index contributed by atoms with van der Waals surface area (Å²) in [4.78, 5) is 8.76. The first-order valence-electron chi connectivity index (χ1n) is 5.03. The van der Waals surface area contributed by atoms with Gasteiger partial charge in [-0.1, -0.05) is 6.07 Å². The first-order valence-corrected chi connectivity index (χ1v) is 5.03. The van der Waals surface area contributed by atoms with Gasteiger partial charge in [-0.2, -0.15) is 0 Å². The average Bonchev–Trinajstić information content (AvgIpc) is 2.28. The van der Waals surface area contributed by atoms with Gasteiger partial charge in [0.1, 0.15) is 0 Å². The zero-order chi connectivity index (χ0) is 10.3. The molecule has 0 spiro atoms. The molecule has 1 aliphatic rings. The smallest absolute Gasteiger partial charge is 0.0922 e. The molecule has 3 rings (SSSR count). The fourth-order valence-corrected chi connectivity index (χ4v) is 2.06. The highest BCUT2D eigenvalue weighted by molar-refractivity contribution is 5.67. The third-order valence-electron chi connectivity index (χ3n) is 2.77. The maximum atomic E-state index is 5.72. The lowest BCUT2D eigenvalue weighted by Gasteiger charge is -2.17. The van der Waals surface area contributed by atoms with Gasteiger partial charge in [0.2, 0.25) is 0 Å². The van der Waals surface area contributed by atoms with Crippen LogP contribution in [-0.2, 0) is 12.8 Å². The van der Waals surface area contributed by atoms with E-state index in [2.05, 4.69) is 16.0 Å². The van der Waals surface area contributed by atoms with Gasteiger partial charge >= 0.3 is 0 Å². The van der Waals surface area contributed by atoms with Gasteiger partial charge in [-0.15, -0.1) is 0 Å². The highest BCUT2D eigenvalue weighted by Crippen LogP contribution is 2.30. The highest BCUT2D eigenvalue weighted by atomic mass is 14.8. The predicted octanol–water partition coefficient (Wildman–Crippen LogP) is 1.82. The van der Waals surface area contributed by atoms with Gasteiger partial charge in [0.25, 0.3) is 0 Å². The molecule has 2 aromatic rings. The lowest BCUT2D eigenvalue weighted by molar-refractivity contribution is 0.913. The topological polar surface area (TPSA) is 51.8 Å². The Morgan fingerprint density at radius 3 is 2.80 bits per heavy atom. The van der Waals surface area contributed by atoms with E-state index in [-0.39, 0.29) is 0 Å². The summed E-state index contributed by atoms with van der Waals surface area (Å²) in [6.07, 6.45) is 5.54. The van der Waals surface area contributed by atoms with Crippen LogP contribution in [0.3, 0.4) is 0 Å². The Bertz CT molecular complexity index is 520. The van der Waals surface area contributed by atoms with Crippen molar-refractivity contribution in [1.82, 2.24) is 9.97 Å². The van der Waals surface area contributed by atoms with Crippen LogP contribution in [0, 0.1) is 0 Å². The SMILES string of the molecule is Nc1cnc2c(c1)CCc1cccnc1-2. The summed E-state index contributed by atoms with van der Waals surface area (Å²) in [5.41, 5.74) is 10.9. The van der Waals surface area contributed by atoms with Crippen molar-refractivity contribution in [3.63, 3.8) is 0 Å². The standard InChI is InChI=1S/C12H11N3/c13-10-6-9-4-3-8-2-1-5-14-11(8)12(9)15-7-10/h1-2,5-7H,3-4,13H2. The highest BCUT2D eigenvalue weighted by Gasteiger charge is 2.17. The van der Waals surface area contributed by atoms with Gasteiger partial charge in [-0.3, -0.25) is 9.97 Å². The van der Waals surface area contributed by atoms with Crippen LogP contribution in [0.2, 0.25) is 0 Å². The molecule has 0 atom stereocenters. The molecule has 0 radical (unpaired) electrons. The summed E-state index contributed by atoms with van der Waals surface area (Å²) >= 11 is 0. The van der Waals surface area contributed by atoms with Crippen molar-refractivity contribution in [3.05, 3.63) is 41.7 Å². The summed E-state index contributed by atoms with van der Waals surface area (Å²) in [7, 11) is 0. The fraction of sp³-hybridized carbons (Fsp3) is 0.167. The molecule has 0 unspecified atom stereocenters. The van der Waals surface area contributed by atoms with Crippen LogP contribution in [0.25, 0.3) is 11.4 Å². The van der Waals surface area contributed by atoms with Crippen LogP contribution >= 0.6 is 0 Å². The van der Waals surface area contributed by atoms with E-state index < -0.39 is 0 Å². The molecule has 74 valence electrons. The van der Waals surface area contributed by atoms with Crippen molar-refractivity contribution < 1.29 is 0 Å². The van der Waals surface area contributed by atoms with E-state index in [9.17, 15) is 0 Å². The van der Waals surface area contributed by atoms with Crippen LogP contribution in [0.1, 0.15) is 11.1 Å². The molecule has 2 N–H and O–H groups in total. The number of aromatic nitrogens is 2. The van der Waals surface area contributed by atoms with Crippen LogP contribution < -0.4 is 5.73 Å². The molecule has 15 heavy (non-hydrogen) atoms. The molecule has 0 fully saturated rings. The van der Waals surface area contributed by atoms with Crippen molar-refractivity contribution in [2.75, 3.05) is 5.73 Å². The predicted molar refractivity (Wildman–Crippen MR) is 59.3 cm³/mol. The summed E-state index contributed by atoms with van der Waals surface area (Å²) in [6, 6.07) is 6.09. The number of pyridine rings is 2. The van der Waals surface area contributed by atoms with E-state index in [1.54, 1.807) is 6.20 Å². The second-order valence-electron chi connectivity index (χ2n) is 3.79. The molecule has 3 nitrogen and oxygen atoms in total. The van der Waals surface area contributed by atoms with Gasteiger partial charge in [0.15, 0.2) is 0 Å². The molecular formula is C12H11N3. The Kier molecular flexibility index (Phi) is 1.71. The zero-order valence-corrected chi connectivity index (χ0v) is 8.27. The van der Waals surface area contributed by atoms with Crippen molar-refractivity contribution in [2.45, 2.75) is 12.8 Å². The molecule has 0 bridgehead atoms. The maximum absolute atomic E-state index is 5.72. The van der Waals surface area contributed by atoms with E-state index >= 15 is 0 Å². The number of nitrogens with zero attached hydrogens (tertiary/aromatic N) is 2. The molecule has 0 saturated carbocycles. The molecule has 0 aromatic carbocycles. The lowest BCUT2D eigenvalue weighted by Crippen LogP contribution is -2.07. The van der Waals surface area contributed by atoms with Gasteiger partial charge in [-0.25, -0.2) is 0 Å². The maximum Gasteiger partial charge on any atom is 0.0922 e. The number of hydrogen-bond donors (Lipinski definition) is 1. The van der Waals surface area contributed by atoms with Gasteiger partial charge < -0.3 is 5.73 Å². The van der Waals surface area contributed by atoms with E-state index in [1.165, 1.54) is 11.1 Å². The minimum absolute atomic E-state index is 0.730. The number of rotatable bonds is 0. The second kappa shape index (κ2) is 3.05. The average molecular weight is 197 g/mol. The van der Waals surface area contributed by atoms with Gasteiger partial charge in [0.05, 0.1) is 23.3 Å². The van der Waals surface area contributed by atoms with E-state index in [0.717, 1.165) is 29.9 Å². The molecule has 1 aliphatic carbocycles. The number of nitrogen functional groups attached to an aromatic ring is 1. The van der Waals surface area contributed by atoms with Crippen LogP contribution in [0.4, 0.5) is 5.69 Å². The second-order valence-corrected chi connectivity index (χ2v) is 3.79. The molecule has 3 heteroatoms. The molecule has 0 saturated heterocycles. The summed E-state index contributed by atoms with van der Waals surface area (Å²) in [5, 5.41) is 0. The first kappa shape index (κ1) is 8.41. The number of anilines is 1. The number of aryl methyl sites for hydroxylation is 2. The van der Waals surface area contributed by atoms with Crippen molar-refractivity contribution in [2.24, 2.45) is 0 Å². The Labute approximate surface area is 88.0 Å². The van der Waals surface area contributed by atoms with Gasteiger partial charge in [-0.05, 0) is 36.1 Å². The first-order chi connectivity index (χ1) is 7.34. The molecule has 2 heterocycles. The quantitative estimate of drug-likeness (QED) is 0.701. The summed E-state index contributed by atoms with van der Waals surface area (Å²) < 4.78 is 0. The lowest BCUT2D eigenvalue weighted by atomic mass is 9.93. The van der Waals surface area contributed by atoms with Crippen LogP contribution in [0.5, 0.6) is 0 Å². The minimum atomic E-state index is 0.730. The normalized spacial score (nSPS) is 13.1. The summed E-state index contributed by atoms with van der Waals surface area (Å²) in [6.45, 7) is 0. The van der Waals surface area contributed by atoms with Crippen molar-refractivity contribution >= 4 is 5.69 Å². The van der Waals surface area contributed by atoms with E-state index in [1.807, 2.05) is 18.3 Å². The van der Waals surface area contributed by atoms with E-state index in [0.29, 0.717) is 0 Å². The molecular weight excluding hydrogens is 186 g/mol. The Morgan fingerprint density at radius 1 is 1.07 bits per heavy atom.